The highest BCUT2D eigenvalue weighted by atomic mass is 32.2. The Morgan fingerprint density at radius 3 is 2.88 bits per heavy atom. The molecular weight excluding hydrogens is 363 g/mol. The third-order valence-corrected chi connectivity index (χ3v) is 5.48. The average molecular weight is 385 g/mol. The number of thiocarbonyl (C=S) groups is 1. The number of rotatable bonds is 4. The first kappa shape index (κ1) is 18.1. The molecule has 1 aromatic carbocycles. The predicted octanol–water partition coefficient (Wildman–Crippen LogP) is 1.80. The number of hydrogen-bond acceptors (Lipinski definition) is 5. The van der Waals surface area contributed by atoms with Crippen molar-refractivity contribution in [3.05, 3.63) is 24.0 Å². The van der Waals surface area contributed by atoms with Crippen LogP contribution in [0.1, 0.15) is 0 Å². The van der Waals surface area contributed by atoms with E-state index in [1.807, 2.05) is 16.7 Å². The highest BCUT2D eigenvalue weighted by molar-refractivity contribution is 7.99. The first-order valence-electron chi connectivity index (χ1n) is 8.14. The molecule has 25 heavy (non-hydrogen) atoms. The monoisotopic (exact) mass is 384 g/mol. The molecule has 2 fully saturated rings. The van der Waals surface area contributed by atoms with Gasteiger partial charge in [0.2, 0.25) is 0 Å². The number of thioether (sulfide) groups is 1. The lowest BCUT2D eigenvalue weighted by Crippen LogP contribution is -2.39. The number of carbonyl (C=O) groups excluding carboxylic acids is 1. The number of anilines is 2. The second-order valence-electron chi connectivity index (χ2n) is 5.81. The SMILES string of the molecule is CNC(=S)NCC1CN(c2ccc(N3CCSCC3)c(F)c2)C(=O)O1. The molecule has 0 saturated carbocycles. The number of amides is 1. The fraction of sp³-hybridized carbons (Fsp3) is 0.500. The Balaban J connectivity index is 1.66. The smallest absolute Gasteiger partial charge is 0.414 e. The maximum atomic E-state index is 14.5. The topological polar surface area (TPSA) is 56.8 Å². The highest BCUT2D eigenvalue weighted by Gasteiger charge is 2.32. The van der Waals surface area contributed by atoms with Crippen molar-refractivity contribution in [2.75, 3.05) is 54.5 Å². The minimum absolute atomic E-state index is 0.310. The predicted molar refractivity (Wildman–Crippen MR) is 103 cm³/mol. The van der Waals surface area contributed by atoms with E-state index < -0.39 is 6.09 Å². The van der Waals surface area contributed by atoms with Gasteiger partial charge in [0.05, 0.1) is 24.5 Å². The van der Waals surface area contributed by atoms with Crippen molar-refractivity contribution in [3.63, 3.8) is 0 Å². The summed E-state index contributed by atoms with van der Waals surface area (Å²) in [4.78, 5) is 15.6. The second kappa shape index (κ2) is 8.09. The van der Waals surface area contributed by atoms with Gasteiger partial charge >= 0.3 is 6.09 Å². The average Bonchev–Trinajstić information content (AvgIpc) is 3.01. The van der Waals surface area contributed by atoms with E-state index in [-0.39, 0.29) is 11.9 Å². The number of nitrogens with zero attached hydrogens (tertiary/aromatic N) is 2. The van der Waals surface area contributed by atoms with Crippen molar-refractivity contribution in [1.29, 1.82) is 0 Å². The molecule has 1 unspecified atom stereocenters. The van der Waals surface area contributed by atoms with E-state index in [4.69, 9.17) is 17.0 Å². The molecule has 0 spiro atoms. The van der Waals surface area contributed by atoms with Gasteiger partial charge < -0.3 is 20.3 Å². The molecule has 6 nitrogen and oxygen atoms in total. The van der Waals surface area contributed by atoms with Crippen LogP contribution in [0, 0.1) is 5.82 Å². The van der Waals surface area contributed by atoms with Crippen LogP contribution >= 0.6 is 24.0 Å². The molecule has 136 valence electrons. The standard InChI is InChI=1S/C16H21FN4O2S2/c1-18-15(24)19-9-12-10-21(16(22)23-12)11-2-3-14(13(17)8-11)20-4-6-25-7-5-20/h2-3,8,12H,4-7,9-10H2,1H3,(H2,18,19,24). The van der Waals surface area contributed by atoms with Crippen LogP contribution in [-0.4, -0.2) is 62.0 Å². The van der Waals surface area contributed by atoms with Crippen LogP contribution in [0.15, 0.2) is 18.2 Å². The second-order valence-corrected chi connectivity index (χ2v) is 7.44. The summed E-state index contributed by atoms with van der Waals surface area (Å²) in [5.41, 5.74) is 1.10. The largest absolute Gasteiger partial charge is 0.442 e. The van der Waals surface area contributed by atoms with Crippen LogP contribution in [0.25, 0.3) is 0 Å². The van der Waals surface area contributed by atoms with E-state index in [1.165, 1.54) is 11.0 Å². The maximum absolute atomic E-state index is 14.5. The van der Waals surface area contributed by atoms with E-state index in [1.54, 1.807) is 19.2 Å². The number of ether oxygens (including phenoxy) is 1. The number of cyclic esters (lactones) is 1. The Morgan fingerprint density at radius 1 is 1.44 bits per heavy atom. The van der Waals surface area contributed by atoms with Gasteiger partial charge in [0.15, 0.2) is 5.11 Å². The zero-order valence-electron chi connectivity index (χ0n) is 14.0. The molecule has 1 amide bonds. The lowest BCUT2D eigenvalue weighted by molar-refractivity contribution is 0.143. The van der Waals surface area contributed by atoms with Gasteiger partial charge in [0.1, 0.15) is 11.9 Å². The van der Waals surface area contributed by atoms with Gasteiger partial charge in [0.25, 0.3) is 0 Å². The van der Waals surface area contributed by atoms with Gasteiger partial charge in [0, 0.05) is 31.6 Å². The van der Waals surface area contributed by atoms with E-state index in [0.717, 1.165) is 24.6 Å². The molecule has 0 bridgehead atoms. The summed E-state index contributed by atoms with van der Waals surface area (Å²) in [5, 5.41) is 6.25. The molecule has 0 radical (unpaired) electrons. The normalized spacial score (nSPS) is 20.4. The Bertz CT molecular complexity index is 655. The summed E-state index contributed by atoms with van der Waals surface area (Å²) in [5.74, 6) is 1.70. The van der Waals surface area contributed by atoms with Crippen molar-refractivity contribution in [1.82, 2.24) is 10.6 Å². The molecule has 0 aromatic heterocycles. The van der Waals surface area contributed by atoms with Gasteiger partial charge in [-0.2, -0.15) is 11.8 Å². The fourth-order valence-electron chi connectivity index (χ4n) is 2.86. The fourth-order valence-corrected chi connectivity index (χ4v) is 3.84. The van der Waals surface area contributed by atoms with Crippen LogP contribution < -0.4 is 20.4 Å². The summed E-state index contributed by atoms with van der Waals surface area (Å²) < 4.78 is 19.9. The van der Waals surface area contributed by atoms with E-state index in [0.29, 0.717) is 29.6 Å². The molecule has 1 aromatic rings. The number of nitrogens with one attached hydrogen (secondary N) is 2. The van der Waals surface area contributed by atoms with Crippen LogP contribution in [0.5, 0.6) is 0 Å². The Morgan fingerprint density at radius 2 is 2.20 bits per heavy atom. The molecule has 1 atom stereocenters. The van der Waals surface area contributed by atoms with Crippen molar-refractivity contribution < 1.29 is 13.9 Å². The van der Waals surface area contributed by atoms with Crippen molar-refractivity contribution in [2.24, 2.45) is 0 Å². The molecular formula is C16H21FN4O2S2. The van der Waals surface area contributed by atoms with Crippen LogP contribution in [0.3, 0.4) is 0 Å². The minimum Gasteiger partial charge on any atom is -0.442 e. The van der Waals surface area contributed by atoms with E-state index in [2.05, 4.69) is 10.6 Å². The zero-order chi connectivity index (χ0) is 17.8. The summed E-state index contributed by atoms with van der Waals surface area (Å²) in [7, 11) is 1.72. The summed E-state index contributed by atoms with van der Waals surface area (Å²) in [6.45, 7) is 2.45. The first-order chi connectivity index (χ1) is 12.1. The summed E-state index contributed by atoms with van der Waals surface area (Å²) in [6, 6.07) is 4.93. The van der Waals surface area contributed by atoms with Gasteiger partial charge in [-0.25, -0.2) is 9.18 Å². The third-order valence-electron chi connectivity index (χ3n) is 4.19. The van der Waals surface area contributed by atoms with Crippen LogP contribution in [0.2, 0.25) is 0 Å². The molecule has 2 aliphatic heterocycles. The molecule has 2 aliphatic rings. The number of carbonyl (C=O) groups is 1. The molecule has 9 heteroatoms. The van der Waals surface area contributed by atoms with Crippen molar-refractivity contribution >= 4 is 46.6 Å². The number of hydrogen-bond donors (Lipinski definition) is 2. The lowest BCUT2D eigenvalue weighted by atomic mass is 10.2. The highest BCUT2D eigenvalue weighted by Crippen LogP contribution is 2.29. The Hall–Kier alpha value is -1.74. The van der Waals surface area contributed by atoms with Gasteiger partial charge in [-0.05, 0) is 30.4 Å². The van der Waals surface area contributed by atoms with E-state index >= 15 is 0 Å². The van der Waals surface area contributed by atoms with E-state index in [9.17, 15) is 9.18 Å². The van der Waals surface area contributed by atoms with Gasteiger partial charge in [-0.1, -0.05) is 0 Å². The minimum atomic E-state index is -0.469. The molecule has 2 heterocycles. The Labute approximate surface area is 156 Å². The number of halogens is 1. The Kier molecular flexibility index (Phi) is 5.85. The molecule has 2 N–H and O–H groups in total. The number of benzene rings is 1. The molecule has 3 rings (SSSR count). The van der Waals surface area contributed by atoms with Crippen molar-refractivity contribution in [3.8, 4) is 0 Å². The lowest BCUT2D eigenvalue weighted by Gasteiger charge is -2.29. The van der Waals surface area contributed by atoms with Crippen LogP contribution in [0.4, 0.5) is 20.6 Å². The van der Waals surface area contributed by atoms with Crippen LogP contribution in [-0.2, 0) is 4.74 Å². The summed E-state index contributed by atoms with van der Waals surface area (Å²) >= 11 is 6.88. The van der Waals surface area contributed by atoms with Gasteiger partial charge in [-0.3, -0.25) is 4.90 Å². The molecule has 0 aliphatic carbocycles. The first-order valence-corrected chi connectivity index (χ1v) is 9.70. The zero-order valence-corrected chi connectivity index (χ0v) is 15.6. The third kappa shape index (κ3) is 4.27. The quantitative estimate of drug-likeness (QED) is 0.768. The van der Waals surface area contributed by atoms with Crippen molar-refractivity contribution in [2.45, 2.75) is 6.10 Å². The summed E-state index contributed by atoms with van der Waals surface area (Å²) in [6.07, 6.45) is -0.802. The van der Waals surface area contributed by atoms with Gasteiger partial charge in [-0.15, -0.1) is 0 Å². The molecule has 2 saturated heterocycles. The maximum Gasteiger partial charge on any atom is 0.414 e.